The van der Waals surface area contributed by atoms with Gasteiger partial charge in [0.25, 0.3) is 17.7 Å². The Bertz CT molecular complexity index is 832. The zero-order valence-electron chi connectivity index (χ0n) is 13.2. The van der Waals surface area contributed by atoms with Crippen LogP contribution in [-0.2, 0) is 14.4 Å². The van der Waals surface area contributed by atoms with Crippen LogP contribution in [0.1, 0.15) is 40.5 Å². The number of carboxylic acid groups (broad SMARTS) is 1. The fraction of sp³-hybridized carbons (Fsp3) is 0.312. The summed E-state index contributed by atoms with van der Waals surface area (Å²) in [7, 11) is 0. The number of amides is 4. The van der Waals surface area contributed by atoms with Gasteiger partial charge in [-0.1, -0.05) is 6.07 Å². The van der Waals surface area contributed by atoms with E-state index in [1.165, 1.54) is 25.1 Å². The van der Waals surface area contributed by atoms with Crippen molar-refractivity contribution in [3.05, 3.63) is 29.3 Å². The Morgan fingerprint density at radius 2 is 2.00 bits per heavy atom. The molecule has 2 N–H and O–H groups in total. The van der Waals surface area contributed by atoms with Gasteiger partial charge in [-0.15, -0.1) is 0 Å². The minimum absolute atomic E-state index is 0.00197. The van der Waals surface area contributed by atoms with Gasteiger partial charge in [-0.2, -0.15) is 0 Å². The van der Waals surface area contributed by atoms with Gasteiger partial charge in [0, 0.05) is 6.42 Å². The number of piperidine rings is 1. The number of rotatable bonds is 4. The number of hydrogen-bond acceptors (Lipinski definition) is 6. The molecule has 25 heavy (non-hydrogen) atoms. The molecule has 1 atom stereocenters. The van der Waals surface area contributed by atoms with Gasteiger partial charge in [0.05, 0.1) is 11.1 Å². The molecule has 2 aliphatic heterocycles. The lowest BCUT2D eigenvalue weighted by Gasteiger charge is -2.38. The van der Waals surface area contributed by atoms with Gasteiger partial charge in [0.1, 0.15) is 11.3 Å². The highest BCUT2D eigenvalue weighted by atomic mass is 16.5. The van der Waals surface area contributed by atoms with Crippen molar-refractivity contribution in [3.8, 4) is 5.75 Å². The van der Waals surface area contributed by atoms with E-state index in [1.54, 1.807) is 0 Å². The van der Waals surface area contributed by atoms with E-state index in [2.05, 4.69) is 5.32 Å². The highest BCUT2D eigenvalue weighted by molar-refractivity contribution is 6.25. The molecule has 2 heterocycles. The van der Waals surface area contributed by atoms with Crippen LogP contribution in [0.3, 0.4) is 0 Å². The molecule has 1 aromatic rings. The SMILES string of the molecule is C[C@]1(N2C(=O)c3cccc(OCC(=O)O)c3C2=O)CCC(=O)NC1=O. The number of hydrogen-bond donors (Lipinski definition) is 2. The second-order valence-corrected chi connectivity index (χ2v) is 5.96. The maximum Gasteiger partial charge on any atom is 0.341 e. The first kappa shape index (κ1) is 16.6. The van der Waals surface area contributed by atoms with Crippen LogP contribution in [0.15, 0.2) is 18.2 Å². The summed E-state index contributed by atoms with van der Waals surface area (Å²) >= 11 is 0. The molecule has 1 aromatic carbocycles. The Morgan fingerprint density at radius 3 is 2.64 bits per heavy atom. The van der Waals surface area contributed by atoms with Crippen LogP contribution in [0.25, 0.3) is 0 Å². The van der Waals surface area contributed by atoms with Gasteiger partial charge < -0.3 is 9.84 Å². The first-order valence-electron chi connectivity index (χ1n) is 7.46. The molecule has 1 saturated heterocycles. The second-order valence-electron chi connectivity index (χ2n) is 5.96. The highest BCUT2D eigenvalue weighted by Gasteiger charge is 2.53. The van der Waals surface area contributed by atoms with Gasteiger partial charge >= 0.3 is 5.97 Å². The third-order valence-corrected chi connectivity index (χ3v) is 4.30. The summed E-state index contributed by atoms with van der Waals surface area (Å²) in [5.74, 6) is -3.92. The van der Waals surface area contributed by atoms with E-state index < -0.39 is 41.7 Å². The van der Waals surface area contributed by atoms with Gasteiger partial charge in [0.2, 0.25) is 5.91 Å². The lowest BCUT2D eigenvalue weighted by atomic mass is 9.89. The van der Waals surface area contributed by atoms with E-state index in [4.69, 9.17) is 9.84 Å². The number of nitrogens with zero attached hydrogens (tertiary/aromatic N) is 1. The molecule has 2 aliphatic rings. The summed E-state index contributed by atoms with van der Waals surface area (Å²) in [5.41, 5.74) is -1.57. The zero-order valence-corrected chi connectivity index (χ0v) is 13.2. The highest BCUT2D eigenvalue weighted by Crippen LogP contribution is 2.37. The number of imide groups is 2. The van der Waals surface area contributed by atoms with E-state index >= 15 is 0 Å². The third kappa shape index (κ3) is 2.53. The van der Waals surface area contributed by atoms with Crippen molar-refractivity contribution in [2.24, 2.45) is 0 Å². The van der Waals surface area contributed by atoms with Crippen molar-refractivity contribution >= 4 is 29.6 Å². The van der Waals surface area contributed by atoms with Gasteiger partial charge in [-0.3, -0.25) is 29.4 Å². The summed E-state index contributed by atoms with van der Waals surface area (Å²) in [5, 5.41) is 10.9. The number of fused-ring (bicyclic) bond motifs is 1. The fourth-order valence-corrected chi connectivity index (χ4v) is 2.97. The van der Waals surface area contributed by atoms with Gasteiger partial charge in [0.15, 0.2) is 6.61 Å². The van der Waals surface area contributed by atoms with Gasteiger partial charge in [-0.05, 0) is 25.5 Å². The van der Waals surface area contributed by atoms with Crippen LogP contribution in [0.5, 0.6) is 5.75 Å². The number of carboxylic acids is 1. The molecule has 0 saturated carbocycles. The molecule has 9 heteroatoms. The summed E-state index contributed by atoms with van der Waals surface area (Å²) < 4.78 is 5.09. The topological polar surface area (TPSA) is 130 Å². The average Bonchev–Trinajstić information content (AvgIpc) is 2.82. The van der Waals surface area contributed by atoms with E-state index in [0.29, 0.717) is 0 Å². The molecule has 0 unspecified atom stereocenters. The van der Waals surface area contributed by atoms with Crippen molar-refractivity contribution in [1.29, 1.82) is 0 Å². The quantitative estimate of drug-likeness (QED) is 0.730. The summed E-state index contributed by atoms with van der Waals surface area (Å²) in [6.07, 6.45) is 0.00642. The zero-order chi connectivity index (χ0) is 18.4. The smallest absolute Gasteiger partial charge is 0.341 e. The number of ether oxygens (including phenoxy) is 1. The lowest BCUT2D eigenvalue weighted by Crippen LogP contribution is -2.62. The molecule has 0 aliphatic carbocycles. The van der Waals surface area contributed by atoms with Crippen molar-refractivity contribution in [3.63, 3.8) is 0 Å². The molecule has 1 fully saturated rings. The number of carbonyl (C=O) groups excluding carboxylic acids is 4. The third-order valence-electron chi connectivity index (χ3n) is 4.30. The van der Waals surface area contributed by atoms with Crippen LogP contribution < -0.4 is 10.1 Å². The molecule has 0 spiro atoms. The molecule has 3 rings (SSSR count). The Balaban J connectivity index is 2.00. The normalized spacial score (nSPS) is 22.7. The van der Waals surface area contributed by atoms with Crippen LogP contribution >= 0.6 is 0 Å². The predicted molar refractivity (Wildman–Crippen MR) is 80.9 cm³/mol. The van der Waals surface area contributed by atoms with Crippen molar-refractivity contribution in [1.82, 2.24) is 10.2 Å². The summed E-state index contributed by atoms with van der Waals surface area (Å²) in [4.78, 5) is 60.6. The number of carbonyl (C=O) groups is 5. The monoisotopic (exact) mass is 346 g/mol. The van der Waals surface area contributed by atoms with Crippen molar-refractivity contribution in [2.45, 2.75) is 25.3 Å². The minimum Gasteiger partial charge on any atom is -0.481 e. The number of benzene rings is 1. The van der Waals surface area contributed by atoms with E-state index in [0.717, 1.165) is 4.90 Å². The van der Waals surface area contributed by atoms with Crippen LogP contribution in [0.2, 0.25) is 0 Å². The number of nitrogens with one attached hydrogen (secondary N) is 1. The van der Waals surface area contributed by atoms with E-state index in [1.807, 2.05) is 0 Å². The first-order chi connectivity index (χ1) is 11.8. The van der Waals surface area contributed by atoms with Gasteiger partial charge in [-0.25, -0.2) is 4.79 Å². The Labute approximate surface area is 141 Å². The van der Waals surface area contributed by atoms with Crippen molar-refractivity contribution in [2.75, 3.05) is 6.61 Å². The molecule has 0 radical (unpaired) electrons. The molecule has 9 nitrogen and oxygen atoms in total. The standard InChI is InChI=1S/C16H14N2O7/c1-16(6-5-10(19)17-15(16)24)18-13(22)8-3-2-4-9(12(8)14(18)23)25-7-11(20)21/h2-4H,5-7H2,1H3,(H,20,21)(H,17,19,24)/t16-/m0/s1. The average molecular weight is 346 g/mol. The fourth-order valence-electron chi connectivity index (χ4n) is 2.97. The molecular weight excluding hydrogens is 332 g/mol. The summed E-state index contributed by atoms with van der Waals surface area (Å²) in [6, 6.07) is 4.24. The Hall–Kier alpha value is -3.23. The Kier molecular flexibility index (Phi) is 3.78. The van der Waals surface area contributed by atoms with Crippen LogP contribution in [-0.4, -0.2) is 51.8 Å². The maximum absolute atomic E-state index is 12.8. The van der Waals surface area contributed by atoms with Crippen LogP contribution in [0, 0.1) is 0 Å². The molecule has 130 valence electrons. The predicted octanol–water partition coefficient (Wildman–Crippen LogP) is -0.0587. The second kappa shape index (κ2) is 5.69. The van der Waals surface area contributed by atoms with E-state index in [-0.39, 0.29) is 29.7 Å². The molecular formula is C16H14N2O7. The first-order valence-corrected chi connectivity index (χ1v) is 7.46. The van der Waals surface area contributed by atoms with E-state index in [9.17, 15) is 24.0 Å². The molecule has 0 bridgehead atoms. The number of aliphatic carboxylic acids is 1. The Morgan fingerprint density at radius 1 is 1.28 bits per heavy atom. The van der Waals surface area contributed by atoms with Crippen molar-refractivity contribution < 1.29 is 33.8 Å². The molecule has 4 amide bonds. The maximum atomic E-state index is 12.8. The van der Waals surface area contributed by atoms with Crippen LogP contribution in [0.4, 0.5) is 0 Å². The lowest BCUT2D eigenvalue weighted by molar-refractivity contribution is -0.141. The minimum atomic E-state index is -1.51. The largest absolute Gasteiger partial charge is 0.481 e. The molecule has 0 aromatic heterocycles. The summed E-state index contributed by atoms with van der Waals surface area (Å²) in [6.45, 7) is 0.735.